The van der Waals surface area contributed by atoms with Crippen LogP contribution in [0, 0.1) is 17.0 Å². The first-order chi connectivity index (χ1) is 10.0. The predicted octanol–water partition coefficient (Wildman–Crippen LogP) is 1.56. The number of hydrogen-bond acceptors (Lipinski definition) is 5. The molecule has 0 aromatic heterocycles. The summed E-state index contributed by atoms with van der Waals surface area (Å²) < 4.78 is 5.21. The molecule has 1 amide bonds. The van der Waals surface area contributed by atoms with Crippen molar-refractivity contribution < 1.29 is 14.5 Å². The SMILES string of the molecule is Cc1cccc([N+](=O)[O-])c1NC(C)C(=O)N1CCOCC1. The normalized spacial score (nSPS) is 16.4. The summed E-state index contributed by atoms with van der Waals surface area (Å²) in [5.74, 6) is -0.0733. The van der Waals surface area contributed by atoms with Gasteiger partial charge < -0.3 is 15.0 Å². The molecule has 0 radical (unpaired) electrons. The van der Waals surface area contributed by atoms with Crippen LogP contribution in [0.2, 0.25) is 0 Å². The molecular formula is C14H19N3O4. The van der Waals surface area contributed by atoms with E-state index in [1.165, 1.54) is 6.07 Å². The van der Waals surface area contributed by atoms with Crippen LogP contribution in [0.1, 0.15) is 12.5 Å². The van der Waals surface area contributed by atoms with E-state index in [4.69, 9.17) is 4.74 Å². The second kappa shape index (κ2) is 6.53. The van der Waals surface area contributed by atoms with E-state index in [-0.39, 0.29) is 11.6 Å². The highest BCUT2D eigenvalue weighted by Crippen LogP contribution is 2.28. The summed E-state index contributed by atoms with van der Waals surface area (Å²) in [7, 11) is 0. The summed E-state index contributed by atoms with van der Waals surface area (Å²) in [5.41, 5.74) is 1.12. The largest absolute Gasteiger partial charge is 0.378 e. The number of morpholine rings is 1. The van der Waals surface area contributed by atoms with E-state index >= 15 is 0 Å². The molecule has 1 saturated heterocycles. The van der Waals surface area contributed by atoms with Crippen LogP contribution in [0.3, 0.4) is 0 Å². The van der Waals surface area contributed by atoms with Crippen molar-refractivity contribution >= 4 is 17.3 Å². The number of anilines is 1. The van der Waals surface area contributed by atoms with Crippen LogP contribution in [0.25, 0.3) is 0 Å². The van der Waals surface area contributed by atoms with Gasteiger partial charge in [0, 0.05) is 19.2 Å². The highest BCUT2D eigenvalue weighted by atomic mass is 16.6. The predicted molar refractivity (Wildman–Crippen MR) is 78.3 cm³/mol. The highest BCUT2D eigenvalue weighted by molar-refractivity contribution is 5.85. The van der Waals surface area contributed by atoms with Gasteiger partial charge in [-0.15, -0.1) is 0 Å². The zero-order valence-corrected chi connectivity index (χ0v) is 12.2. The van der Waals surface area contributed by atoms with E-state index in [0.717, 1.165) is 5.56 Å². The van der Waals surface area contributed by atoms with Crippen LogP contribution in [0.15, 0.2) is 18.2 Å². The average molecular weight is 293 g/mol. The van der Waals surface area contributed by atoms with Crippen molar-refractivity contribution in [2.45, 2.75) is 19.9 Å². The number of nitro groups is 1. The number of amides is 1. The van der Waals surface area contributed by atoms with Crippen LogP contribution < -0.4 is 5.32 Å². The van der Waals surface area contributed by atoms with Gasteiger partial charge in [-0.25, -0.2) is 0 Å². The minimum absolute atomic E-state index is 0.0170. The maximum absolute atomic E-state index is 12.3. The van der Waals surface area contributed by atoms with Gasteiger partial charge in [-0.1, -0.05) is 12.1 Å². The maximum atomic E-state index is 12.3. The Labute approximate surface area is 123 Å². The van der Waals surface area contributed by atoms with Crippen molar-refractivity contribution in [3.63, 3.8) is 0 Å². The number of nitrogens with one attached hydrogen (secondary N) is 1. The smallest absolute Gasteiger partial charge is 0.292 e. The number of hydrogen-bond donors (Lipinski definition) is 1. The third kappa shape index (κ3) is 3.49. The molecule has 1 aromatic carbocycles. The average Bonchev–Trinajstić information content (AvgIpc) is 2.49. The fourth-order valence-corrected chi connectivity index (χ4v) is 2.33. The number of aryl methyl sites for hydroxylation is 1. The van der Waals surface area contributed by atoms with Crippen LogP contribution in [-0.4, -0.2) is 48.1 Å². The number of nitrogens with zero attached hydrogens (tertiary/aromatic N) is 2. The number of rotatable bonds is 4. The van der Waals surface area contributed by atoms with Crippen LogP contribution >= 0.6 is 0 Å². The third-order valence-corrected chi connectivity index (χ3v) is 3.50. The molecule has 1 unspecified atom stereocenters. The second-order valence-electron chi connectivity index (χ2n) is 5.03. The molecule has 7 nitrogen and oxygen atoms in total. The van der Waals surface area contributed by atoms with Crippen molar-refractivity contribution in [1.82, 2.24) is 4.90 Å². The third-order valence-electron chi connectivity index (χ3n) is 3.50. The van der Waals surface area contributed by atoms with Crippen LogP contribution in [0.4, 0.5) is 11.4 Å². The molecule has 114 valence electrons. The van der Waals surface area contributed by atoms with Crippen LogP contribution in [-0.2, 0) is 9.53 Å². The summed E-state index contributed by atoms with van der Waals surface area (Å²) in [4.78, 5) is 24.7. The molecule has 21 heavy (non-hydrogen) atoms. The molecule has 1 N–H and O–H groups in total. The lowest BCUT2D eigenvalue weighted by Gasteiger charge is -2.29. The number of carbonyl (C=O) groups excluding carboxylic acids is 1. The molecule has 1 fully saturated rings. The Kier molecular flexibility index (Phi) is 4.74. The quantitative estimate of drug-likeness (QED) is 0.672. The van der Waals surface area contributed by atoms with Gasteiger partial charge in [0.15, 0.2) is 0 Å². The summed E-state index contributed by atoms with van der Waals surface area (Å²) in [5, 5.41) is 14.1. The van der Waals surface area contributed by atoms with E-state index in [1.54, 1.807) is 30.9 Å². The lowest BCUT2D eigenvalue weighted by Crippen LogP contribution is -2.47. The molecule has 1 aromatic rings. The summed E-state index contributed by atoms with van der Waals surface area (Å²) in [6, 6.07) is 4.32. The molecule has 0 saturated carbocycles. The first kappa shape index (κ1) is 15.2. The van der Waals surface area contributed by atoms with Crippen molar-refractivity contribution in [1.29, 1.82) is 0 Å². The number of benzene rings is 1. The van der Waals surface area contributed by atoms with E-state index < -0.39 is 11.0 Å². The van der Waals surface area contributed by atoms with Crippen molar-refractivity contribution in [3.05, 3.63) is 33.9 Å². The molecule has 7 heteroatoms. The second-order valence-corrected chi connectivity index (χ2v) is 5.03. The summed E-state index contributed by atoms with van der Waals surface area (Å²) in [6.07, 6.45) is 0. The Morgan fingerprint density at radius 2 is 2.10 bits per heavy atom. The van der Waals surface area contributed by atoms with Crippen molar-refractivity contribution in [2.24, 2.45) is 0 Å². The molecule has 1 atom stereocenters. The zero-order valence-electron chi connectivity index (χ0n) is 12.2. The van der Waals surface area contributed by atoms with Gasteiger partial charge in [-0.3, -0.25) is 14.9 Å². The van der Waals surface area contributed by atoms with Crippen molar-refractivity contribution in [3.8, 4) is 0 Å². The fourth-order valence-electron chi connectivity index (χ4n) is 2.33. The number of ether oxygens (including phenoxy) is 1. The monoisotopic (exact) mass is 293 g/mol. The van der Waals surface area contributed by atoms with Gasteiger partial charge in [-0.05, 0) is 19.4 Å². The molecule has 1 aliphatic heterocycles. The standard InChI is InChI=1S/C14H19N3O4/c1-10-4-3-5-12(17(19)20)13(10)15-11(2)14(18)16-6-8-21-9-7-16/h3-5,11,15H,6-9H2,1-2H3. The van der Waals surface area contributed by atoms with E-state index in [0.29, 0.717) is 32.0 Å². The molecule has 1 heterocycles. The Morgan fingerprint density at radius 3 is 2.71 bits per heavy atom. The minimum Gasteiger partial charge on any atom is -0.378 e. The van der Waals surface area contributed by atoms with Gasteiger partial charge in [0.25, 0.3) is 5.69 Å². The van der Waals surface area contributed by atoms with E-state index in [1.807, 2.05) is 0 Å². The molecule has 2 rings (SSSR count). The van der Waals surface area contributed by atoms with Gasteiger partial charge in [0.2, 0.25) is 5.91 Å². The lowest BCUT2D eigenvalue weighted by molar-refractivity contribution is -0.384. The van der Waals surface area contributed by atoms with E-state index in [9.17, 15) is 14.9 Å². The molecule has 0 bridgehead atoms. The van der Waals surface area contributed by atoms with Crippen LogP contribution in [0.5, 0.6) is 0 Å². The molecule has 1 aliphatic rings. The topological polar surface area (TPSA) is 84.7 Å². The maximum Gasteiger partial charge on any atom is 0.292 e. The summed E-state index contributed by atoms with van der Waals surface area (Å²) >= 11 is 0. The number of para-hydroxylation sites is 1. The Balaban J connectivity index is 2.13. The van der Waals surface area contributed by atoms with E-state index in [2.05, 4.69) is 5.32 Å². The van der Waals surface area contributed by atoms with Gasteiger partial charge in [0.1, 0.15) is 11.7 Å². The van der Waals surface area contributed by atoms with Crippen molar-refractivity contribution in [2.75, 3.05) is 31.6 Å². The summed E-state index contributed by atoms with van der Waals surface area (Å²) in [6.45, 7) is 5.67. The number of nitro benzene ring substituents is 1. The first-order valence-electron chi connectivity index (χ1n) is 6.88. The molecule has 0 aliphatic carbocycles. The Morgan fingerprint density at radius 1 is 1.43 bits per heavy atom. The molecule has 0 spiro atoms. The molecular weight excluding hydrogens is 274 g/mol. The minimum atomic E-state index is -0.525. The van der Waals surface area contributed by atoms with Gasteiger partial charge in [-0.2, -0.15) is 0 Å². The highest BCUT2D eigenvalue weighted by Gasteiger charge is 2.25. The number of carbonyl (C=O) groups is 1. The van der Waals surface area contributed by atoms with Gasteiger partial charge in [0.05, 0.1) is 18.1 Å². The Hall–Kier alpha value is -2.15. The first-order valence-corrected chi connectivity index (χ1v) is 6.88. The Bertz CT molecular complexity index is 541. The fraction of sp³-hybridized carbons (Fsp3) is 0.500. The lowest BCUT2D eigenvalue weighted by atomic mass is 10.1. The van der Waals surface area contributed by atoms with Gasteiger partial charge >= 0.3 is 0 Å². The zero-order chi connectivity index (χ0) is 15.4.